The molecule has 2 atom stereocenters. The smallest absolute Gasteiger partial charge is 0.274 e. The Labute approximate surface area is 191 Å². The van der Waals surface area contributed by atoms with Gasteiger partial charge in [0.2, 0.25) is 5.58 Å². The third-order valence-electron chi connectivity index (χ3n) is 5.52. The molecular formula is C22H32FN3O7. The van der Waals surface area contributed by atoms with Gasteiger partial charge in [0.05, 0.1) is 49.7 Å². The first kappa shape index (κ1) is 25.3. The summed E-state index contributed by atoms with van der Waals surface area (Å²) in [5, 5.41) is 16.8. The molecule has 1 aromatic carbocycles. The zero-order chi connectivity index (χ0) is 24.2. The standard InChI is InChI=1S/C22H32FN3O7/c1-13-7-26(8-14(2)32-13)19-15(9-27)6-16-18(25-33-20(16)17(19)23)21(28)24-22(10-29-3,11-30-4)12-31-5/h6,13-14,27H,7-12H2,1-5H3,(H,24,28). The fraction of sp³-hybridized carbons (Fsp3) is 0.636. The lowest BCUT2D eigenvalue weighted by molar-refractivity contribution is -0.00550. The minimum atomic E-state index is -0.987. The van der Waals surface area contributed by atoms with E-state index in [2.05, 4.69) is 10.5 Å². The molecule has 2 unspecified atom stereocenters. The van der Waals surface area contributed by atoms with E-state index in [1.165, 1.54) is 27.4 Å². The van der Waals surface area contributed by atoms with Crippen LogP contribution in [0.25, 0.3) is 11.0 Å². The summed E-state index contributed by atoms with van der Waals surface area (Å²) in [6.45, 7) is 4.64. The van der Waals surface area contributed by atoms with Crippen molar-refractivity contribution >= 4 is 22.6 Å². The van der Waals surface area contributed by atoms with Gasteiger partial charge in [-0.15, -0.1) is 0 Å². The molecule has 1 aliphatic rings. The van der Waals surface area contributed by atoms with Crippen LogP contribution in [-0.4, -0.2) is 88.2 Å². The maximum Gasteiger partial charge on any atom is 0.274 e. The molecule has 10 nitrogen and oxygen atoms in total. The molecule has 0 aliphatic carbocycles. The molecule has 184 valence electrons. The molecule has 1 aliphatic heterocycles. The maximum atomic E-state index is 15.6. The Bertz CT molecular complexity index is 940. The Morgan fingerprint density at radius 2 is 1.79 bits per heavy atom. The van der Waals surface area contributed by atoms with Crippen molar-refractivity contribution in [3.05, 3.63) is 23.1 Å². The van der Waals surface area contributed by atoms with Crippen LogP contribution >= 0.6 is 0 Å². The highest BCUT2D eigenvalue weighted by Crippen LogP contribution is 2.35. The van der Waals surface area contributed by atoms with Gasteiger partial charge >= 0.3 is 0 Å². The lowest BCUT2D eigenvalue weighted by Gasteiger charge is -2.37. The van der Waals surface area contributed by atoms with E-state index in [1.54, 1.807) is 0 Å². The Balaban J connectivity index is 2.00. The number of ether oxygens (including phenoxy) is 4. The normalized spacial score (nSPS) is 19.3. The summed E-state index contributed by atoms with van der Waals surface area (Å²) in [6.07, 6.45) is -0.219. The number of methoxy groups -OCH3 is 3. The Kier molecular flexibility index (Phi) is 8.24. The number of aliphatic hydroxyl groups is 1. The minimum Gasteiger partial charge on any atom is -0.392 e. The number of hydrogen-bond donors (Lipinski definition) is 2. The van der Waals surface area contributed by atoms with Gasteiger partial charge < -0.3 is 38.8 Å². The monoisotopic (exact) mass is 469 g/mol. The van der Waals surface area contributed by atoms with Gasteiger partial charge in [-0.05, 0) is 19.9 Å². The average Bonchev–Trinajstić information content (AvgIpc) is 3.18. The lowest BCUT2D eigenvalue weighted by Crippen LogP contribution is -2.58. The van der Waals surface area contributed by atoms with Gasteiger partial charge in [0.25, 0.3) is 5.91 Å². The first-order valence-corrected chi connectivity index (χ1v) is 10.7. The van der Waals surface area contributed by atoms with E-state index in [0.29, 0.717) is 18.7 Å². The zero-order valence-electron chi connectivity index (χ0n) is 19.6. The van der Waals surface area contributed by atoms with E-state index in [4.69, 9.17) is 23.5 Å². The summed E-state index contributed by atoms with van der Waals surface area (Å²) in [4.78, 5) is 15.0. The predicted molar refractivity (Wildman–Crippen MR) is 118 cm³/mol. The number of aromatic nitrogens is 1. The number of nitrogens with zero attached hydrogens (tertiary/aromatic N) is 2. The fourth-order valence-electron chi connectivity index (χ4n) is 4.43. The van der Waals surface area contributed by atoms with Crippen molar-refractivity contribution in [3.63, 3.8) is 0 Å². The van der Waals surface area contributed by atoms with E-state index in [9.17, 15) is 9.90 Å². The quantitative estimate of drug-likeness (QED) is 0.534. The highest BCUT2D eigenvalue weighted by molar-refractivity contribution is 6.05. The number of aliphatic hydroxyl groups excluding tert-OH is 1. The number of halogens is 1. The van der Waals surface area contributed by atoms with Crippen LogP contribution in [0.2, 0.25) is 0 Å². The lowest BCUT2D eigenvalue weighted by atomic mass is 10.0. The number of fused-ring (bicyclic) bond motifs is 1. The third-order valence-corrected chi connectivity index (χ3v) is 5.52. The van der Waals surface area contributed by atoms with Crippen LogP contribution in [0.3, 0.4) is 0 Å². The van der Waals surface area contributed by atoms with E-state index in [1.807, 2.05) is 18.7 Å². The molecule has 0 saturated carbocycles. The summed E-state index contributed by atoms with van der Waals surface area (Å²) < 4.78 is 42.3. The topological polar surface area (TPSA) is 116 Å². The van der Waals surface area contributed by atoms with Gasteiger partial charge in [-0.25, -0.2) is 4.39 Å². The summed E-state index contributed by atoms with van der Waals surface area (Å²) in [6, 6.07) is 1.54. The van der Waals surface area contributed by atoms with Gasteiger partial charge in [0.15, 0.2) is 11.5 Å². The molecule has 3 rings (SSSR count). The molecule has 2 heterocycles. The molecule has 0 radical (unpaired) electrons. The molecule has 11 heteroatoms. The van der Waals surface area contributed by atoms with Crippen molar-refractivity contribution in [2.24, 2.45) is 0 Å². The van der Waals surface area contributed by atoms with Crippen LogP contribution in [-0.2, 0) is 25.6 Å². The van der Waals surface area contributed by atoms with Crippen LogP contribution in [0, 0.1) is 5.82 Å². The third kappa shape index (κ3) is 5.28. The van der Waals surface area contributed by atoms with Crippen molar-refractivity contribution in [2.75, 3.05) is 59.1 Å². The van der Waals surface area contributed by atoms with E-state index in [0.717, 1.165) is 0 Å². The van der Waals surface area contributed by atoms with Crippen LogP contribution < -0.4 is 10.2 Å². The molecule has 0 bridgehead atoms. The highest BCUT2D eigenvalue weighted by atomic mass is 19.1. The second-order valence-corrected chi connectivity index (χ2v) is 8.46. The van der Waals surface area contributed by atoms with E-state index < -0.39 is 23.9 Å². The van der Waals surface area contributed by atoms with Crippen molar-refractivity contribution in [1.82, 2.24) is 10.5 Å². The second-order valence-electron chi connectivity index (χ2n) is 8.46. The average molecular weight is 470 g/mol. The van der Waals surface area contributed by atoms with Gasteiger partial charge in [0, 0.05) is 40.0 Å². The number of rotatable bonds is 10. The minimum absolute atomic E-state index is 0.109. The van der Waals surface area contributed by atoms with Gasteiger partial charge in [-0.2, -0.15) is 0 Å². The Hall–Kier alpha value is -2.31. The van der Waals surface area contributed by atoms with Crippen molar-refractivity contribution in [3.8, 4) is 0 Å². The number of nitrogens with one attached hydrogen (secondary N) is 1. The SMILES string of the molecule is COCC(COC)(COC)NC(=O)c1noc2c(F)c(N3CC(C)OC(C)C3)c(CO)cc12. The highest BCUT2D eigenvalue weighted by Gasteiger charge is 2.35. The molecule has 1 amide bonds. The molecule has 1 aromatic heterocycles. The number of carbonyl (C=O) groups excluding carboxylic acids is 1. The Morgan fingerprint density at radius 3 is 2.30 bits per heavy atom. The van der Waals surface area contributed by atoms with Crippen LogP contribution in [0.1, 0.15) is 29.9 Å². The summed E-state index contributed by atoms with van der Waals surface area (Å²) in [5.74, 6) is -1.29. The maximum absolute atomic E-state index is 15.6. The van der Waals surface area contributed by atoms with Crippen LogP contribution in [0.15, 0.2) is 10.6 Å². The van der Waals surface area contributed by atoms with Crippen molar-refractivity contribution in [2.45, 2.75) is 38.2 Å². The fourth-order valence-corrected chi connectivity index (χ4v) is 4.43. The zero-order valence-corrected chi connectivity index (χ0v) is 19.6. The van der Waals surface area contributed by atoms with Crippen molar-refractivity contribution in [1.29, 1.82) is 0 Å². The van der Waals surface area contributed by atoms with Crippen LogP contribution in [0.4, 0.5) is 10.1 Å². The molecular weight excluding hydrogens is 437 g/mol. The van der Waals surface area contributed by atoms with E-state index >= 15 is 4.39 Å². The predicted octanol–water partition coefficient (Wildman–Crippen LogP) is 1.48. The van der Waals surface area contributed by atoms with E-state index in [-0.39, 0.29) is 54.4 Å². The number of hydrogen-bond acceptors (Lipinski definition) is 9. The largest absolute Gasteiger partial charge is 0.392 e. The summed E-state index contributed by atoms with van der Waals surface area (Å²) >= 11 is 0. The second kappa shape index (κ2) is 10.7. The number of morpholine rings is 1. The molecule has 1 saturated heterocycles. The van der Waals surface area contributed by atoms with Gasteiger partial charge in [0.1, 0.15) is 5.54 Å². The molecule has 2 aromatic rings. The van der Waals surface area contributed by atoms with Crippen LogP contribution in [0.5, 0.6) is 0 Å². The molecule has 2 N–H and O–H groups in total. The Morgan fingerprint density at radius 1 is 1.21 bits per heavy atom. The number of amides is 1. The number of anilines is 1. The van der Waals surface area contributed by atoms with Gasteiger partial charge in [-0.3, -0.25) is 4.79 Å². The summed E-state index contributed by atoms with van der Waals surface area (Å²) in [5.41, 5.74) is -0.700. The summed E-state index contributed by atoms with van der Waals surface area (Å²) in [7, 11) is 4.49. The molecule has 1 fully saturated rings. The number of benzene rings is 1. The molecule has 33 heavy (non-hydrogen) atoms. The molecule has 0 spiro atoms. The number of carbonyl (C=O) groups is 1. The first-order valence-electron chi connectivity index (χ1n) is 10.7. The first-order chi connectivity index (χ1) is 15.8. The van der Waals surface area contributed by atoms with Gasteiger partial charge in [-0.1, -0.05) is 5.16 Å². The van der Waals surface area contributed by atoms with Crippen molar-refractivity contribution < 1.29 is 37.8 Å².